The third-order valence-electron chi connectivity index (χ3n) is 4.06. The number of hydrogen-bond donors (Lipinski definition) is 4. The minimum absolute atomic E-state index is 0.0511. The lowest BCUT2D eigenvalue weighted by Gasteiger charge is -2.22. The highest BCUT2D eigenvalue weighted by atomic mass is 16.5. The third-order valence-corrected chi connectivity index (χ3v) is 4.06. The number of hydroxylamine groups is 1. The fourth-order valence-electron chi connectivity index (χ4n) is 2.51. The Hall–Kier alpha value is -3.22. The topological polar surface area (TPSA) is 117 Å². The van der Waals surface area contributed by atoms with Crippen molar-refractivity contribution in [2.24, 2.45) is 0 Å². The molecule has 0 saturated carbocycles. The van der Waals surface area contributed by atoms with E-state index in [0.29, 0.717) is 12.2 Å². The molecule has 158 valence electrons. The van der Waals surface area contributed by atoms with Gasteiger partial charge in [-0.2, -0.15) is 0 Å². The maximum Gasteiger partial charge on any atom is 0.275 e. The van der Waals surface area contributed by atoms with Crippen LogP contribution < -0.4 is 10.8 Å². The Morgan fingerprint density at radius 3 is 2.43 bits per heavy atom. The van der Waals surface area contributed by atoms with Crippen LogP contribution in [0.4, 0.5) is 0 Å². The molecule has 0 saturated heterocycles. The van der Waals surface area contributed by atoms with Gasteiger partial charge >= 0.3 is 0 Å². The molecule has 0 radical (unpaired) electrons. The molecular formula is C22H24N2O6. The summed E-state index contributed by atoms with van der Waals surface area (Å²) in [4.78, 5) is 24.1. The zero-order valence-corrected chi connectivity index (χ0v) is 16.5. The number of benzene rings is 2. The maximum absolute atomic E-state index is 12.3. The summed E-state index contributed by atoms with van der Waals surface area (Å²) in [7, 11) is 1.55. The van der Waals surface area contributed by atoms with Gasteiger partial charge in [0, 0.05) is 24.8 Å². The molecule has 0 aromatic heterocycles. The smallest absolute Gasteiger partial charge is 0.275 e. The Bertz CT molecular complexity index is 874. The minimum atomic E-state index is -1.37. The lowest BCUT2D eigenvalue weighted by atomic mass is 10.1. The Morgan fingerprint density at radius 2 is 1.80 bits per heavy atom. The van der Waals surface area contributed by atoms with Crippen molar-refractivity contribution >= 4 is 11.8 Å². The summed E-state index contributed by atoms with van der Waals surface area (Å²) in [5.41, 5.74) is 3.36. The largest absolute Gasteiger partial charge is 0.388 e. The molecule has 2 rings (SSSR count). The number of ether oxygens (including phenoxy) is 2. The SMILES string of the molecule is COCC#Cc1ccc(C(=O)NCC(O)C(OCc2ccccc2)C(=O)NO)cc1. The third kappa shape index (κ3) is 7.31. The zero-order chi connectivity index (χ0) is 21.8. The maximum atomic E-state index is 12.3. The van der Waals surface area contributed by atoms with Gasteiger partial charge in [0.15, 0.2) is 6.10 Å². The number of aliphatic hydroxyl groups excluding tert-OH is 1. The van der Waals surface area contributed by atoms with Gasteiger partial charge in [-0.15, -0.1) is 0 Å². The molecule has 8 heteroatoms. The molecule has 0 aliphatic heterocycles. The average molecular weight is 412 g/mol. The van der Waals surface area contributed by atoms with Crippen LogP contribution in [0.5, 0.6) is 0 Å². The molecule has 8 nitrogen and oxygen atoms in total. The van der Waals surface area contributed by atoms with Crippen LogP contribution in [0.2, 0.25) is 0 Å². The van der Waals surface area contributed by atoms with Crippen molar-refractivity contribution in [3.63, 3.8) is 0 Å². The Morgan fingerprint density at radius 1 is 1.10 bits per heavy atom. The summed E-state index contributed by atoms with van der Waals surface area (Å²) in [5.74, 6) is 4.36. The first kappa shape index (κ1) is 23.1. The molecule has 2 amide bonds. The predicted octanol–water partition coefficient (Wildman–Crippen LogP) is 0.866. The van der Waals surface area contributed by atoms with E-state index in [2.05, 4.69) is 17.2 Å². The molecule has 2 aromatic carbocycles. The monoisotopic (exact) mass is 412 g/mol. The highest BCUT2D eigenvalue weighted by Crippen LogP contribution is 2.08. The van der Waals surface area contributed by atoms with E-state index >= 15 is 0 Å². The van der Waals surface area contributed by atoms with Gasteiger partial charge in [0.05, 0.1) is 6.61 Å². The standard InChI is InChI=1S/C22H24N2O6/c1-29-13-5-8-16-9-11-18(12-10-16)21(26)23-14-19(25)20(22(27)24-28)30-15-17-6-3-2-4-7-17/h2-4,6-7,9-12,19-20,25,28H,13-15H2,1H3,(H,23,26)(H,24,27). The van der Waals surface area contributed by atoms with E-state index in [4.69, 9.17) is 14.7 Å². The number of rotatable bonds is 9. The quantitative estimate of drug-likeness (QED) is 0.276. The van der Waals surface area contributed by atoms with Crippen LogP contribution in [0.25, 0.3) is 0 Å². The number of carbonyl (C=O) groups excluding carboxylic acids is 2. The number of nitrogens with one attached hydrogen (secondary N) is 2. The zero-order valence-electron chi connectivity index (χ0n) is 16.5. The molecule has 2 unspecified atom stereocenters. The number of amides is 2. The van der Waals surface area contributed by atoms with Crippen LogP contribution in [0, 0.1) is 11.8 Å². The van der Waals surface area contributed by atoms with Crippen LogP contribution in [-0.4, -0.2) is 54.6 Å². The number of aliphatic hydroxyl groups is 1. The fraction of sp³-hybridized carbons (Fsp3) is 0.273. The predicted molar refractivity (Wildman–Crippen MR) is 108 cm³/mol. The number of carbonyl (C=O) groups is 2. The van der Waals surface area contributed by atoms with Gasteiger partial charge in [-0.05, 0) is 29.8 Å². The van der Waals surface area contributed by atoms with Crippen LogP contribution in [0.1, 0.15) is 21.5 Å². The summed E-state index contributed by atoms with van der Waals surface area (Å²) in [6.07, 6.45) is -2.74. The van der Waals surface area contributed by atoms with Crippen molar-refractivity contribution in [3.05, 3.63) is 71.3 Å². The second-order valence-electron chi connectivity index (χ2n) is 6.28. The van der Waals surface area contributed by atoms with E-state index in [1.54, 1.807) is 43.5 Å². The van der Waals surface area contributed by atoms with Gasteiger partial charge in [0.25, 0.3) is 11.8 Å². The van der Waals surface area contributed by atoms with Crippen molar-refractivity contribution in [1.29, 1.82) is 0 Å². The molecule has 0 aliphatic rings. The Kier molecular flexibility index (Phi) is 9.51. The highest BCUT2D eigenvalue weighted by Gasteiger charge is 2.28. The van der Waals surface area contributed by atoms with Crippen LogP contribution in [-0.2, 0) is 20.9 Å². The van der Waals surface area contributed by atoms with E-state index in [0.717, 1.165) is 11.1 Å². The Labute approximate surface area is 174 Å². The van der Waals surface area contributed by atoms with Gasteiger partial charge in [0.2, 0.25) is 0 Å². The second kappa shape index (κ2) is 12.4. The van der Waals surface area contributed by atoms with Gasteiger partial charge in [0.1, 0.15) is 12.7 Å². The second-order valence-corrected chi connectivity index (χ2v) is 6.28. The van der Waals surface area contributed by atoms with Crippen molar-refractivity contribution in [3.8, 4) is 11.8 Å². The van der Waals surface area contributed by atoms with Crippen LogP contribution in [0.3, 0.4) is 0 Å². The van der Waals surface area contributed by atoms with E-state index in [9.17, 15) is 14.7 Å². The van der Waals surface area contributed by atoms with E-state index in [1.165, 1.54) is 5.48 Å². The first-order valence-corrected chi connectivity index (χ1v) is 9.18. The van der Waals surface area contributed by atoms with E-state index in [-0.39, 0.29) is 13.2 Å². The first-order valence-electron chi connectivity index (χ1n) is 9.18. The summed E-state index contributed by atoms with van der Waals surface area (Å²) in [6, 6.07) is 15.6. The number of methoxy groups -OCH3 is 1. The van der Waals surface area contributed by atoms with Crippen LogP contribution >= 0.6 is 0 Å². The number of hydrogen-bond acceptors (Lipinski definition) is 6. The fourth-order valence-corrected chi connectivity index (χ4v) is 2.51. The highest BCUT2D eigenvalue weighted by molar-refractivity contribution is 5.94. The van der Waals surface area contributed by atoms with Crippen molar-refractivity contribution in [2.45, 2.75) is 18.8 Å². The lowest BCUT2D eigenvalue weighted by Crippen LogP contribution is -2.48. The normalized spacial score (nSPS) is 12.2. The van der Waals surface area contributed by atoms with Gasteiger partial charge in [-0.25, -0.2) is 5.48 Å². The summed E-state index contributed by atoms with van der Waals surface area (Å²) in [5, 5.41) is 21.8. The molecule has 30 heavy (non-hydrogen) atoms. The summed E-state index contributed by atoms with van der Waals surface area (Å²) >= 11 is 0. The van der Waals surface area contributed by atoms with Crippen molar-refractivity contribution in [1.82, 2.24) is 10.8 Å². The van der Waals surface area contributed by atoms with Gasteiger partial charge in [-0.1, -0.05) is 42.2 Å². The molecular weight excluding hydrogens is 388 g/mol. The van der Waals surface area contributed by atoms with E-state index < -0.39 is 24.0 Å². The van der Waals surface area contributed by atoms with E-state index in [1.807, 2.05) is 18.2 Å². The van der Waals surface area contributed by atoms with Crippen molar-refractivity contribution < 1.29 is 29.4 Å². The lowest BCUT2D eigenvalue weighted by molar-refractivity contribution is -0.150. The summed E-state index contributed by atoms with van der Waals surface area (Å²) in [6.45, 7) is 0.117. The molecule has 0 heterocycles. The molecule has 2 atom stereocenters. The Balaban J connectivity index is 1.91. The molecule has 4 N–H and O–H groups in total. The molecule has 0 fully saturated rings. The minimum Gasteiger partial charge on any atom is -0.388 e. The first-order chi connectivity index (χ1) is 14.5. The summed E-state index contributed by atoms with van der Waals surface area (Å²) < 4.78 is 10.3. The average Bonchev–Trinajstić information content (AvgIpc) is 2.78. The molecule has 0 spiro atoms. The van der Waals surface area contributed by atoms with Gasteiger partial charge < -0.3 is 19.9 Å². The molecule has 2 aromatic rings. The molecule has 0 aliphatic carbocycles. The van der Waals surface area contributed by atoms with Crippen LogP contribution in [0.15, 0.2) is 54.6 Å². The molecule has 0 bridgehead atoms. The van der Waals surface area contributed by atoms with Gasteiger partial charge in [-0.3, -0.25) is 14.8 Å². The van der Waals surface area contributed by atoms with Crippen molar-refractivity contribution in [2.75, 3.05) is 20.3 Å².